The summed E-state index contributed by atoms with van der Waals surface area (Å²) in [5, 5.41) is 3.59. The maximum Gasteiger partial charge on any atom is 0.340 e. The van der Waals surface area contributed by atoms with Crippen LogP contribution in [0.2, 0.25) is 5.02 Å². The molecular weight excluding hydrogens is 280 g/mol. The Morgan fingerprint density at radius 3 is 2.95 bits per heavy atom. The van der Waals surface area contributed by atoms with Crippen LogP contribution in [0.4, 0.5) is 11.4 Å². The molecule has 1 fully saturated rings. The van der Waals surface area contributed by atoms with Gasteiger partial charge in [-0.05, 0) is 31.9 Å². The highest BCUT2D eigenvalue weighted by molar-refractivity contribution is 6.34. The van der Waals surface area contributed by atoms with Crippen LogP contribution in [0.3, 0.4) is 0 Å². The van der Waals surface area contributed by atoms with Crippen LogP contribution in [0, 0.1) is 0 Å². The number of anilines is 2. The Morgan fingerprint density at radius 2 is 2.35 bits per heavy atom. The van der Waals surface area contributed by atoms with Crippen LogP contribution in [0.1, 0.15) is 30.1 Å². The lowest BCUT2D eigenvalue weighted by Gasteiger charge is -2.25. The quantitative estimate of drug-likeness (QED) is 0.660. The number of esters is 1. The van der Waals surface area contributed by atoms with Crippen LogP contribution in [0.5, 0.6) is 0 Å². The fourth-order valence-electron chi connectivity index (χ4n) is 2.33. The lowest BCUT2D eigenvalue weighted by atomic mass is 10.0. The number of hydrogen-bond donors (Lipinski definition) is 2. The van der Waals surface area contributed by atoms with Crippen molar-refractivity contribution in [3.05, 3.63) is 22.7 Å². The van der Waals surface area contributed by atoms with Gasteiger partial charge in [-0.3, -0.25) is 0 Å². The predicted octanol–water partition coefficient (Wildman–Crippen LogP) is 2.69. The summed E-state index contributed by atoms with van der Waals surface area (Å²) in [4.78, 5) is 11.8. The van der Waals surface area contributed by atoms with Crippen molar-refractivity contribution in [3.8, 4) is 0 Å². The monoisotopic (exact) mass is 298 g/mol. The molecule has 1 atom stereocenters. The van der Waals surface area contributed by atoms with Gasteiger partial charge in [0, 0.05) is 18.8 Å². The number of carbonyl (C=O) groups is 1. The number of ether oxygens (including phenoxy) is 2. The van der Waals surface area contributed by atoms with Crippen LogP contribution in [-0.4, -0.2) is 31.8 Å². The summed E-state index contributed by atoms with van der Waals surface area (Å²) in [5.74, 6) is -0.473. The molecule has 1 aliphatic rings. The van der Waals surface area contributed by atoms with Gasteiger partial charge in [0.25, 0.3) is 0 Å². The third kappa shape index (κ3) is 3.16. The molecule has 2 rings (SSSR count). The maximum absolute atomic E-state index is 11.8. The minimum Gasteiger partial charge on any atom is -0.465 e. The number of nitrogens with two attached hydrogens (primary N) is 1. The van der Waals surface area contributed by atoms with Crippen molar-refractivity contribution in [2.24, 2.45) is 0 Å². The summed E-state index contributed by atoms with van der Waals surface area (Å²) in [6, 6.07) is 3.16. The Hall–Kier alpha value is -1.46. The molecule has 110 valence electrons. The predicted molar refractivity (Wildman–Crippen MR) is 79.3 cm³/mol. The molecule has 20 heavy (non-hydrogen) atoms. The first-order chi connectivity index (χ1) is 9.45. The number of halogens is 1. The minimum absolute atomic E-state index is 0.238. The number of nitrogens with one attached hydrogen (secondary N) is 1. The molecule has 1 aliphatic heterocycles. The first kappa shape index (κ1) is 14.9. The summed E-state index contributed by atoms with van der Waals surface area (Å²) in [6.07, 6.45) is 2.01. The molecule has 0 aliphatic carbocycles. The van der Waals surface area contributed by atoms with Crippen molar-refractivity contribution in [1.29, 1.82) is 0 Å². The molecule has 0 spiro atoms. The van der Waals surface area contributed by atoms with E-state index in [1.54, 1.807) is 12.1 Å². The molecule has 6 heteroatoms. The van der Waals surface area contributed by atoms with Crippen LogP contribution in [0.25, 0.3) is 0 Å². The van der Waals surface area contributed by atoms with Gasteiger partial charge in [-0.15, -0.1) is 0 Å². The molecule has 1 unspecified atom stereocenters. The highest BCUT2D eigenvalue weighted by Crippen LogP contribution is 2.32. The molecule has 0 radical (unpaired) electrons. The van der Waals surface area contributed by atoms with Crippen molar-refractivity contribution < 1.29 is 14.3 Å². The van der Waals surface area contributed by atoms with E-state index in [-0.39, 0.29) is 5.60 Å². The van der Waals surface area contributed by atoms with Gasteiger partial charge in [-0.2, -0.15) is 0 Å². The Kier molecular flexibility index (Phi) is 4.40. The van der Waals surface area contributed by atoms with Crippen molar-refractivity contribution in [1.82, 2.24) is 0 Å². The van der Waals surface area contributed by atoms with Gasteiger partial charge >= 0.3 is 5.97 Å². The highest BCUT2D eigenvalue weighted by Gasteiger charge is 2.30. The summed E-state index contributed by atoms with van der Waals surface area (Å²) in [5.41, 5.74) is 6.77. The highest BCUT2D eigenvalue weighted by atomic mass is 35.5. The number of methoxy groups -OCH3 is 1. The Morgan fingerprint density at radius 1 is 1.60 bits per heavy atom. The zero-order valence-corrected chi connectivity index (χ0v) is 12.4. The molecule has 1 saturated heterocycles. The second-order valence-electron chi connectivity index (χ2n) is 5.17. The summed E-state index contributed by atoms with van der Waals surface area (Å²) >= 11 is 6.18. The van der Waals surface area contributed by atoms with Gasteiger partial charge in [0.05, 0.1) is 29.0 Å². The molecule has 0 bridgehead atoms. The fourth-order valence-corrected chi connectivity index (χ4v) is 2.62. The number of rotatable bonds is 4. The van der Waals surface area contributed by atoms with E-state index in [4.69, 9.17) is 26.8 Å². The molecule has 1 heterocycles. The second-order valence-corrected chi connectivity index (χ2v) is 5.58. The van der Waals surface area contributed by atoms with E-state index in [2.05, 4.69) is 5.32 Å². The number of carbonyl (C=O) groups excluding carboxylic acids is 1. The average Bonchev–Trinajstić information content (AvgIpc) is 2.83. The van der Waals surface area contributed by atoms with E-state index < -0.39 is 5.97 Å². The summed E-state index contributed by atoms with van der Waals surface area (Å²) in [6.45, 7) is 3.37. The van der Waals surface area contributed by atoms with Crippen LogP contribution >= 0.6 is 11.6 Å². The third-order valence-corrected chi connectivity index (χ3v) is 3.76. The molecule has 1 aromatic rings. The van der Waals surface area contributed by atoms with Crippen molar-refractivity contribution in [2.45, 2.75) is 25.4 Å². The van der Waals surface area contributed by atoms with Crippen molar-refractivity contribution >= 4 is 28.9 Å². The molecule has 3 N–H and O–H groups in total. The molecule has 1 aromatic carbocycles. The first-order valence-electron chi connectivity index (χ1n) is 6.50. The van der Waals surface area contributed by atoms with E-state index in [0.717, 1.165) is 19.4 Å². The largest absolute Gasteiger partial charge is 0.465 e. The second kappa shape index (κ2) is 5.89. The van der Waals surface area contributed by atoms with Gasteiger partial charge in [-0.1, -0.05) is 11.6 Å². The first-order valence-corrected chi connectivity index (χ1v) is 6.88. The molecule has 0 saturated carbocycles. The average molecular weight is 299 g/mol. The summed E-state index contributed by atoms with van der Waals surface area (Å²) < 4.78 is 10.5. The standard InChI is InChI=1S/C14H19ClN2O3/c1-14(4-3-5-20-14)8-17-12-10(13(18)19-2)6-9(16)7-11(12)15/h6-7,17H,3-5,8,16H2,1-2H3. The SMILES string of the molecule is COC(=O)c1cc(N)cc(Cl)c1NCC1(C)CCCO1. The normalized spacial score (nSPS) is 21.8. The summed E-state index contributed by atoms with van der Waals surface area (Å²) in [7, 11) is 1.32. The topological polar surface area (TPSA) is 73.6 Å². The molecule has 5 nitrogen and oxygen atoms in total. The lowest BCUT2D eigenvalue weighted by Crippen LogP contribution is -2.33. The zero-order valence-electron chi connectivity index (χ0n) is 11.7. The number of hydrogen-bond acceptors (Lipinski definition) is 5. The smallest absolute Gasteiger partial charge is 0.340 e. The number of benzene rings is 1. The maximum atomic E-state index is 11.8. The van der Waals surface area contributed by atoms with E-state index >= 15 is 0 Å². The van der Waals surface area contributed by atoms with Gasteiger partial charge in [0.1, 0.15) is 0 Å². The third-order valence-electron chi connectivity index (χ3n) is 3.46. The van der Waals surface area contributed by atoms with Gasteiger partial charge in [0.15, 0.2) is 0 Å². The minimum atomic E-state index is -0.473. The van der Waals surface area contributed by atoms with E-state index in [9.17, 15) is 4.79 Å². The molecule has 0 aromatic heterocycles. The van der Waals surface area contributed by atoms with Gasteiger partial charge in [-0.25, -0.2) is 4.79 Å². The Balaban J connectivity index is 2.23. The fraction of sp³-hybridized carbons (Fsp3) is 0.500. The van der Waals surface area contributed by atoms with Gasteiger partial charge < -0.3 is 20.5 Å². The van der Waals surface area contributed by atoms with E-state index in [1.807, 2.05) is 6.92 Å². The van der Waals surface area contributed by atoms with Gasteiger partial charge in [0.2, 0.25) is 0 Å². The Bertz CT molecular complexity index is 513. The number of nitrogen functional groups attached to an aromatic ring is 1. The lowest BCUT2D eigenvalue weighted by molar-refractivity contribution is 0.0314. The molecule has 0 amide bonds. The van der Waals surface area contributed by atoms with E-state index in [1.165, 1.54) is 7.11 Å². The van der Waals surface area contributed by atoms with Crippen molar-refractivity contribution in [2.75, 3.05) is 31.3 Å². The zero-order chi connectivity index (χ0) is 14.8. The van der Waals surface area contributed by atoms with Crippen LogP contribution < -0.4 is 11.1 Å². The van der Waals surface area contributed by atoms with E-state index in [0.29, 0.717) is 28.5 Å². The van der Waals surface area contributed by atoms with Crippen molar-refractivity contribution in [3.63, 3.8) is 0 Å². The molecular formula is C14H19ClN2O3. The van der Waals surface area contributed by atoms with Crippen LogP contribution in [0.15, 0.2) is 12.1 Å². The van der Waals surface area contributed by atoms with Crippen LogP contribution in [-0.2, 0) is 9.47 Å². The Labute approximate surface area is 123 Å².